The minimum atomic E-state index is 0.0401. The molecule has 0 unspecified atom stereocenters. The lowest BCUT2D eigenvalue weighted by atomic mass is 10.2. The lowest BCUT2D eigenvalue weighted by Gasteiger charge is -1.99. The van der Waals surface area contributed by atoms with Gasteiger partial charge in [0.05, 0.1) is 34.2 Å². The molecule has 0 aliphatic carbocycles. The largest absolute Gasteiger partial charge is 0.384 e. The Morgan fingerprint density at radius 2 is 1.70 bits per heavy atom. The van der Waals surface area contributed by atoms with Gasteiger partial charge in [-0.1, -0.05) is 0 Å². The van der Waals surface area contributed by atoms with Gasteiger partial charge in [0, 0.05) is 18.0 Å². The minimum absolute atomic E-state index is 0.0401. The summed E-state index contributed by atoms with van der Waals surface area (Å²) >= 11 is 0. The molecule has 5 aromatic rings. The molecular formula is C19H16N8. The van der Waals surface area contributed by atoms with Crippen LogP contribution in [0.4, 0.5) is 0 Å². The van der Waals surface area contributed by atoms with E-state index in [1.54, 1.807) is 12.3 Å². The van der Waals surface area contributed by atoms with Crippen molar-refractivity contribution in [3.63, 3.8) is 0 Å². The van der Waals surface area contributed by atoms with Crippen LogP contribution < -0.4 is 5.73 Å². The Labute approximate surface area is 153 Å². The molecule has 0 fully saturated rings. The van der Waals surface area contributed by atoms with Gasteiger partial charge in [-0.05, 0) is 42.5 Å². The van der Waals surface area contributed by atoms with Crippen molar-refractivity contribution in [1.29, 1.82) is 5.41 Å². The Balaban J connectivity index is 1.47. The Morgan fingerprint density at radius 1 is 1.00 bits per heavy atom. The summed E-state index contributed by atoms with van der Waals surface area (Å²) in [7, 11) is 0. The van der Waals surface area contributed by atoms with Crippen molar-refractivity contribution in [2.45, 2.75) is 6.42 Å². The van der Waals surface area contributed by atoms with Gasteiger partial charge in [-0.3, -0.25) is 5.41 Å². The zero-order valence-corrected chi connectivity index (χ0v) is 14.3. The van der Waals surface area contributed by atoms with Gasteiger partial charge in [-0.15, -0.1) is 0 Å². The van der Waals surface area contributed by atoms with E-state index in [4.69, 9.17) is 11.1 Å². The van der Waals surface area contributed by atoms with E-state index in [9.17, 15) is 0 Å². The highest BCUT2D eigenvalue weighted by molar-refractivity contribution is 5.97. The summed E-state index contributed by atoms with van der Waals surface area (Å²) in [6, 6.07) is 13.4. The fourth-order valence-electron chi connectivity index (χ4n) is 3.17. The molecule has 0 aliphatic rings. The number of hydrogen-bond donors (Lipinski definition) is 4. The Morgan fingerprint density at radius 3 is 2.37 bits per heavy atom. The van der Waals surface area contributed by atoms with Crippen LogP contribution in [0, 0.1) is 5.41 Å². The number of nitrogen functional groups attached to an aromatic ring is 1. The molecule has 0 atom stereocenters. The molecule has 0 amide bonds. The van der Waals surface area contributed by atoms with Gasteiger partial charge in [-0.2, -0.15) is 5.10 Å². The average Bonchev–Trinajstić information content (AvgIpc) is 3.39. The molecule has 0 radical (unpaired) electrons. The summed E-state index contributed by atoms with van der Waals surface area (Å²) in [6.07, 6.45) is 4.21. The fourth-order valence-corrected chi connectivity index (χ4v) is 3.17. The van der Waals surface area contributed by atoms with Crippen LogP contribution in [0.15, 0.2) is 54.9 Å². The van der Waals surface area contributed by atoms with Gasteiger partial charge >= 0.3 is 0 Å². The van der Waals surface area contributed by atoms with Crippen molar-refractivity contribution in [3.05, 3.63) is 72.1 Å². The smallest absolute Gasteiger partial charge is 0.122 e. The molecule has 2 aromatic carbocycles. The van der Waals surface area contributed by atoms with Crippen molar-refractivity contribution in [3.8, 4) is 5.69 Å². The number of fused-ring (bicyclic) bond motifs is 2. The third-order valence-electron chi connectivity index (χ3n) is 4.46. The molecule has 0 saturated carbocycles. The highest BCUT2D eigenvalue weighted by Crippen LogP contribution is 2.19. The third kappa shape index (κ3) is 2.73. The molecule has 132 valence electrons. The number of amidine groups is 1. The van der Waals surface area contributed by atoms with Gasteiger partial charge in [0.25, 0.3) is 0 Å². The van der Waals surface area contributed by atoms with Crippen LogP contribution in [0.5, 0.6) is 0 Å². The number of aromatic amines is 2. The van der Waals surface area contributed by atoms with E-state index < -0.39 is 0 Å². The highest BCUT2D eigenvalue weighted by atomic mass is 15.3. The van der Waals surface area contributed by atoms with Crippen LogP contribution in [-0.2, 0) is 6.42 Å². The summed E-state index contributed by atoms with van der Waals surface area (Å²) in [5.74, 6) is 1.67. The van der Waals surface area contributed by atoms with E-state index in [1.807, 2.05) is 47.3 Å². The van der Waals surface area contributed by atoms with Crippen molar-refractivity contribution in [2.75, 3.05) is 0 Å². The van der Waals surface area contributed by atoms with Crippen molar-refractivity contribution in [1.82, 2.24) is 29.7 Å². The van der Waals surface area contributed by atoms with Crippen LogP contribution >= 0.6 is 0 Å². The van der Waals surface area contributed by atoms with Gasteiger partial charge < -0.3 is 15.7 Å². The van der Waals surface area contributed by atoms with Crippen LogP contribution in [0.25, 0.3) is 27.8 Å². The normalized spacial score (nSPS) is 11.4. The van der Waals surface area contributed by atoms with E-state index in [1.165, 1.54) is 0 Å². The fraction of sp³-hybridized carbons (Fsp3) is 0.0526. The van der Waals surface area contributed by atoms with Crippen LogP contribution in [0.1, 0.15) is 17.2 Å². The first-order valence-corrected chi connectivity index (χ1v) is 8.47. The topological polar surface area (TPSA) is 125 Å². The van der Waals surface area contributed by atoms with E-state index >= 15 is 0 Å². The first kappa shape index (κ1) is 15.3. The summed E-state index contributed by atoms with van der Waals surface area (Å²) in [4.78, 5) is 15.9. The van der Waals surface area contributed by atoms with E-state index in [0.29, 0.717) is 12.0 Å². The average molecular weight is 356 g/mol. The monoisotopic (exact) mass is 356 g/mol. The number of nitrogens with zero attached hydrogens (tertiary/aromatic N) is 4. The number of hydrogen-bond acceptors (Lipinski definition) is 4. The number of nitrogens with two attached hydrogens (primary N) is 1. The quantitative estimate of drug-likeness (QED) is 0.291. The Kier molecular flexibility index (Phi) is 3.29. The van der Waals surface area contributed by atoms with Crippen molar-refractivity contribution < 1.29 is 0 Å². The predicted molar refractivity (Wildman–Crippen MR) is 103 cm³/mol. The van der Waals surface area contributed by atoms with Crippen molar-refractivity contribution >= 4 is 27.9 Å². The molecule has 0 aliphatic heterocycles. The number of benzene rings is 2. The molecule has 5 rings (SSSR count). The Bertz CT molecular complexity index is 1280. The van der Waals surface area contributed by atoms with Gasteiger partial charge in [0.15, 0.2) is 0 Å². The lowest BCUT2D eigenvalue weighted by molar-refractivity contribution is 0.882. The number of imidazole rings is 2. The number of H-pyrrole nitrogens is 2. The van der Waals surface area contributed by atoms with Crippen molar-refractivity contribution in [2.24, 2.45) is 5.73 Å². The zero-order valence-electron chi connectivity index (χ0n) is 14.3. The summed E-state index contributed by atoms with van der Waals surface area (Å²) in [6.45, 7) is 0. The van der Waals surface area contributed by atoms with Crippen LogP contribution in [0.3, 0.4) is 0 Å². The molecular weight excluding hydrogens is 340 g/mol. The molecule has 0 bridgehead atoms. The standard InChI is InChI=1S/C19H16N8/c20-19(21)11-2-4-13-15(8-11)25-17(23-13)10-18-24-14-5-3-12(9-16(14)26-18)27-7-1-6-22-27/h1-9H,10H2,(H3,20,21)(H,23,25)(H,24,26). The maximum Gasteiger partial charge on any atom is 0.122 e. The molecule has 5 N–H and O–H groups in total. The van der Waals surface area contributed by atoms with Crippen LogP contribution in [0.2, 0.25) is 0 Å². The number of nitrogens with one attached hydrogen (secondary N) is 3. The second-order valence-corrected chi connectivity index (χ2v) is 6.34. The zero-order chi connectivity index (χ0) is 18.4. The molecule has 8 nitrogen and oxygen atoms in total. The van der Waals surface area contributed by atoms with Gasteiger partial charge in [0.2, 0.25) is 0 Å². The van der Waals surface area contributed by atoms with E-state index in [0.717, 1.165) is 39.4 Å². The van der Waals surface area contributed by atoms with E-state index in [2.05, 4.69) is 25.0 Å². The van der Waals surface area contributed by atoms with E-state index in [-0.39, 0.29) is 5.84 Å². The third-order valence-corrected chi connectivity index (χ3v) is 4.46. The summed E-state index contributed by atoms with van der Waals surface area (Å²) in [5, 5.41) is 11.8. The minimum Gasteiger partial charge on any atom is -0.384 e. The first-order valence-electron chi connectivity index (χ1n) is 8.47. The molecule has 3 aromatic heterocycles. The highest BCUT2D eigenvalue weighted by Gasteiger charge is 2.10. The van der Waals surface area contributed by atoms with Crippen LogP contribution in [-0.4, -0.2) is 35.6 Å². The molecule has 0 saturated heterocycles. The number of rotatable bonds is 4. The number of aromatic nitrogens is 6. The van der Waals surface area contributed by atoms with Gasteiger partial charge in [0.1, 0.15) is 17.5 Å². The Hall–Kier alpha value is -3.94. The second kappa shape index (κ2) is 5.80. The molecule has 27 heavy (non-hydrogen) atoms. The summed E-state index contributed by atoms with van der Waals surface area (Å²) in [5.41, 5.74) is 10.7. The predicted octanol–water partition coefficient (Wildman–Crippen LogP) is 2.50. The second-order valence-electron chi connectivity index (χ2n) is 6.34. The lowest BCUT2D eigenvalue weighted by Crippen LogP contribution is -2.10. The summed E-state index contributed by atoms with van der Waals surface area (Å²) < 4.78 is 1.81. The van der Waals surface area contributed by atoms with Gasteiger partial charge in [-0.25, -0.2) is 14.6 Å². The molecule has 3 heterocycles. The maximum atomic E-state index is 7.55. The SMILES string of the molecule is N=C(N)c1ccc2nc(Cc3nc4ccc(-n5cccn5)cc4[nH]3)[nH]c2c1. The molecule has 0 spiro atoms. The maximum absolute atomic E-state index is 7.55. The molecule has 8 heteroatoms. The first-order chi connectivity index (χ1) is 13.2.